The van der Waals surface area contributed by atoms with Crippen LogP contribution >= 0.6 is 34.8 Å². The van der Waals surface area contributed by atoms with Crippen LogP contribution in [0, 0.1) is 0 Å². The van der Waals surface area contributed by atoms with Crippen molar-refractivity contribution < 1.29 is 19.1 Å². The topological polar surface area (TPSA) is 87.7 Å². The molecule has 10 heteroatoms. The molecule has 0 fully saturated rings. The van der Waals surface area contributed by atoms with Crippen LogP contribution < -0.4 is 20.3 Å². The SMILES string of the molecule is O=C(NC(=O)N(C(=O)Oc1ccccc1)c1ccc(Cl)c(Cl)c1)Nc1ccc(Cl)cc1. The molecule has 158 valence electrons. The minimum Gasteiger partial charge on any atom is -0.410 e. The Hall–Kier alpha value is -3.26. The van der Waals surface area contributed by atoms with E-state index < -0.39 is 18.2 Å². The van der Waals surface area contributed by atoms with E-state index in [1.807, 2.05) is 0 Å². The van der Waals surface area contributed by atoms with E-state index >= 15 is 0 Å². The van der Waals surface area contributed by atoms with Gasteiger partial charge in [-0.2, -0.15) is 4.90 Å². The van der Waals surface area contributed by atoms with Gasteiger partial charge in [-0.25, -0.2) is 14.4 Å². The smallest absolute Gasteiger partial charge is 0.410 e. The van der Waals surface area contributed by atoms with Crippen molar-refractivity contribution in [3.8, 4) is 5.75 Å². The van der Waals surface area contributed by atoms with Gasteiger partial charge in [0.2, 0.25) is 0 Å². The summed E-state index contributed by atoms with van der Waals surface area (Å²) in [7, 11) is 0. The van der Waals surface area contributed by atoms with Crippen LogP contribution in [0.3, 0.4) is 0 Å². The maximum atomic E-state index is 12.8. The number of carbonyl (C=O) groups excluding carboxylic acids is 3. The fourth-order valence-electron chi connectivity index (χ4n) is 2.41. The zero-order valence-corrected chi connectivity index (χ0v) is 17.9. The molecule has 0 radical (unpaired) electrons. The first-order chi connectivity index (χ1) is 14.8. The van der Waals surface area contributed by atoms with Crippen LogP contribution in [-0.4, -0.2) is 18.2 Å². The van der Waals surface area contributed by atoms with Gasteiger partial charge in [0.05, 0.1) is 15.7 Å². The van der Waals surface area contributed by atoms with E-state index in [1.165, 1.54) is 30.3 Å². The van der Waals surface area contributed by atoms with Crippen LogP contribution in [0.15, 0.2) is 72.8 Å². The normalized spacial score (nSPS) is 10.2. The fourth-order valence-corrected chi connectivity index (χ4v) is 2.83. The number of nitrogens with one attached hydrogen (secondary N) is 2. The molecule has 0 saturated heterocycles. The number of urea groups is 2. The standard InChI is InChI=1S/C21H14Cl3N3O4/c22-13-6-8-14(9-7-13)25-19(28)26-20(29)27(15-10-11-17(23)18(24)12-15)21(30)31-16-4-2-1-3-5-16/h1-12H,(H2,25,26,28,29). The molecule has 31 heavy (non-hydrogen) atoms. The predicted octanol–water partition coefficient (Wildman–Crippen LogP) is 6.59. The summed E-state index contributed by atoms with van der Waals surface area (Å²) < 4.78 is 5.24. The number of benzene rings is 3. The Balaban J connectivity index is 1.81. The van der Waals surface area contributed by atoms with Crippen LogP contribution in [0.1, 0.15) is 0 Å². The van der Waals surface area contributed by atoms with Crippen molar-refractivity contribution in [2.24, 2.45) is 0 Å². The molecule has 0 bridgehead atoms. The first-order valence-corrected chi connectivity index (χ1v) is 9.86. The molecule has 0 heterocycles. The van der Waals surface area contributed by atoms with Gasteiger partial charge in [0.1, 0.15) is 5.75 Å². The third-order valence-corrected chi connectivity index (χ3v) is 4.81. The fraction of sp³-hybridized carbons (Fsp3) is 0. The van der Waals surface area contributed by atoms with Crippen molar-refractivity contribution in [3.63, 3.8) is 0 Å². The summed E-state index contributed by atoms with van der Waals surface area (Å²) in [6, 6.07) is 16.5. The van der Waals surface area contributed by atoms with Gasteiger partial charge in [0, 0.05) is 10.7 Å². The maximum absolute atomic E-state index is 12.8. The van der Waals surface area contributed by atoms with Crippen molar-refractivity contribution in [2.75, 3.05) is 10.2 Å². The Morgan fingerprint density at radius 1 is 0.806 bits per heavy atom. The lowest BCUT2D eigenvalue weighted by atomic mass is 10.3. The highest BCUT2D eigenvalue weighted by Crippen LogP contribution is 2.28. The van der Waals surface area contributed by atoms with E-state index in [-0.39, 0.29) is 21.5 Å². The van der Waals surface area contributed by atoms with E-state index in [4.69, 9.17) is 39.5 Å². The largest absolute Gasteiger partial charge is 0.428 e. The van der Waals surface area contributed by atoms with Gasteiger partial charge < -0.3 is 10.1 Å². The second-order valence-electron chi connectivity index (χ2n) is 6.01. The Kier molecular flexibility index (Phi) is 7.36. The Morgan fingerprint density at radius 2 is 1.48 bits per heavy atom. The first-order valence-electron chi connectivity index (χ1n) is 8.73. The number of imide groups is 2. The minimum absolute atomic E-state index is 0.0483. The lowest BCUT2D eigenvalue weighted by molar-refractivity contribution is 0.204. The molecular weight excluding hydrogens is 465 g/mol. The second kappa shape index (κ2) is 10.2. The lowest BCUT2D eigenvalue weighted by Crippen LogP contribution is -2.48. The lowest BCUT2D eigenvalue weighted by Gasteiger charge is -2.21. The number of rotatable bonds is 3. The third-order valence-electron chi connectivity index (χ3n) is 3.82. The van der Waals surface area contributed by atoms with Crippen molar-refractivity contribution in [2.45, 2.75) is 0 Å². The van der Waals surface area contributed by atoms with Gasteiger partial charge in [-0.1, -0.05) is 53.0 Å². The number of hydrogen-bond acceptors (Lipinski definition) is 4. The maximum Gasteiger partial charge on any atom is 0.428 e. The van der Waals surface area contributed by atoms with Gasteiger partial charge in [-0.05, 0) is 54.6 Å². The number of amides is 5. The molecule has 0 unspecified atom stereocenters. The first kappa shape index (κ1) is 22.4. The molecule has 0 saturated carbocycles. The summed E-state index contributed by atoms with van der Waals surface area (Å²) in [6.07, 6.45) is -1.05. The monoisotopic (exact) mass is 477 g/mol. The van der Waals surface area contributed by atoms with Crippen LogP contribution in [-0.2, 0) is 0 Å². The molecule has 0 aliphatic rings. The summed E-state index contributed by atoms with van der Waals surface area (Å²) in [5, 5.41) is 5.34. The zero-order chi connectivity index (χ0) is 22.4. The van der Waals surface area contributed by atoms with E-state index in [0.717, 1.165) is 0 Å². The van der Waals surface area contributed by atoms with E-state index in [0.29, 0.717) is 15.6 Å². The van der Waals surface area contributed by atoms with E-state index in [9.17, 15) is 14.4 Å². The van der Waals surface area contributed by atoms with Crippen molar-refractivity contribution >= 4 is 64.3 Å². The predicted molar refractivity (Wildman–Crippen MR) is 120 cm³/mol. The van der Waals surface area contributed by atoms with Gasteiger partial charge in [-0.15, -0.1) is 0 Å². The molecule has 5 amide bonds. The Labute approximate surface area is 192 Å². The number of hydrogen-bond donors (Lipinski definition) is 2. The second-order valence-corrected chi connectivity index (χ2v) is 7.26. The molecular formula is C21H14Cl3N3O4. The number of para-hydroxylation sites is 1. The quantitative estimate of drug-likeness (QED) is 0.444. The summed E-state index contributed by atoms with van der Waals surface area (Å²) in [4.78, 5) is 38.4. The zero-order valence-electron chi connectivity index (χ0n) is 15.6. The number of carbonyl (C=O) groups is 3. The summed E-state index contributed by atoms with van der Waals surface area (Å²) in [5.74, 6) is 0.205. The average molecular weight is 479 g/mol. The van der Waals surface area contributed by atoms with Gasteiger partial charge >= 0.3 is 18.2 Å². The molecule has 0 aliphatic heterocycles. The molecule has 0 aromatic heterocycles. The molecule has 0 atom stereocenters. The molecule has 2 N–H and O–H groups in total. The summed E-state index contributed by atoms with van der Waals surface area (Å²) >= 11 is 17.7. The third kappa shape index (κ3) is 6.11. The van der Waals surface area contributed by atoms with Gasteiger partial charge in [0.15, 0.2) is 0 Å². The van der Waals surface area contributed by atoms with Crippen molar-refractivity contribution in [1.29, 1.82) is 0 Å². The van der Waals surface area contributed by atoms with E-state index in [1.54, 1.807) is 42.5 Å². The van der Waals surface area contributed by atoms with Crippen molar-refractivity contribution in [3.05, 3.63) is 87.9 Å². The summed E-state index contributed by atoms with van der Waals surface area (Å²) in [6.45, 7) is 0. The van der Waals surface area contributed by atoms with Crippen molar-refractivity contribution in [1.82, 2.24) is 5.32 Å². The number of nitrogens with zero attached hydrogens (tertiary/aromatic N) is 1. The van der Waals surface area contributed by atoms with Crippen LogP contribution in [0.4, 0.5) is 25.8 Å². The van der Waals surface area contributed by atoms with E-state index in [2.05, 4.69) is 10.6 Å². The number of ether oxygens (including phenoxy) is 1. The molecule has 3 aromatic rings. The van der Waals surface area contributed by atoms with Crippen LogP contribution in [0.2, 0.25) is 15.1 Å². The molecule has 0 spiro atoms. The van der Waals surface area contributed by atoms with Gasteiger partial charge in [0.25, 0.3) is 0 Å². The molecule has 0 aliphatic carbocycles. The number of halogens is 3. The highest BCUT2D eigenvalue weighted by atomic mass is 35.5. The molecule has 3 aromatic carbocycles. The number of anilines is 2. The average Bonchev–Trinajstić information content (AvgIpc) is 2.73. The van der Waals surface area contributed by atoms with Crippen LogP contribution in [0.25, 0.3) is 0 Å². The van der Waals surface area contributed by atoms with Gasteiger partial charge in [-0.3, -0.25) is 5.32 Å². The highest BCUT2D eigenvalue weighted by molar-refractivity contribution is 6.42. The molecule has 7 nitrogen and oxygen atoms in total. The summed E-state index contributed by atoms with van der Waals surface area (Å²) in [5.41, 5.74) is 0.440. The Morgan fingerprint density at radius 3 is 2.13 bits per heavy atom. The minimum atomic E-state index is -1.06. The highest BCUT2D eigenvalue weighted by Gasteiger charge is 2.28. The molecule has 3 rings (SSSR count). The van der Waals surface area contributed by atoms with Crippen LogP contribution in [0.5, 0.6) is 5.75 Å². The Bertz CT molecular complexity index is 1110.